The lowest BCUT2D eigenvalue weighted by Crippen LogP contribution is -2.33. The maximum Gasteiger partial charge on any atom is 0.226 e. The third-order valence-electron chi connectivity index (χ3n) is 7.62. The Kier molecular flexibility index (Phi) is 8.33. The van der Waals surface area contributed by atoms with E-state index in [2.05, 4.69) is 45.0 Å². The number of benzene rings is 2. The van der Waals surface area contributed by atoms with Crippen molar-refractivity contribution in [1.82, 2.24) is 19.8 Å². The molecule has 3 heterocycles. The van der Waals surface area contributed by atoms with Crippen molar-refractivity contribution in [2.45, 2.75) is 46.2 Å². The number of aryl methyl sites for hydroxylation is 3. The van der Waals surface area contributed by atoms with E-state index in [1.54, 1.807) is 13.3 Å². The molecule has 2 aromatic carbocycles. The Morgan fingerprint density at radius 1 is 1.10 bits per heavy atom. The molecule has 0 aliphatic carbocycles. The van der Waals surface area contributed by atoms with Gasteiger partial charge < -0.3 is 24.8 Å². The van der Waals surface area contributed by atoms with E-state index in [1.807, 2.05) is 68.4 Å². The number of nitrogens with one attached hydrogen (secondary N) is 2. The number of hydrogen-bond donors (Lipinski definition) is 2. The zero-order chi connectivity index (χ0) is 29.3. The summed E-state index contributed by atoms with van der Waals surface area (Å²) in [6.45, 7) is 8.61. The molecule has 0 spiro atoms. The molecule has 2 N–H and O–H groups in total. The first-order valence-electron chi connectivity index (χ1n) is 13.6. The lowest BCUT2D eigenvalue weighted by Gasteiger charge is -2.28. The van der Waals surface area contributed by atoms with E-state index >= 15 is 0 Å². The van der Waals surface area contributed by atoms with E-state index in [9.17, 15) is 4.79 Å². The van der Waals surface area contributed by atoms with Crippen molar-refractivity contribution in [3.63, 3.8) is 0 Å². The number of halogens is 1. The van der Waals surface area contributed by atoms with E-state index in [1.165, 1.54) is 0 Å². The highest BCUT2D eigenvalue weighted by Gasteiger charge is 2.41. The fourth-order valence-corrected chi connectivity index (χ4v) is 6.08. The average Bonchev–Trinajstić information content (AvgIpc) is 3.44. The van der Waals surface area contributed by atoms with Crippen LogP contribution in [0.3, 0.4) is 0 Å². The molecule has 0 bridgehead atoms. The number of amides is 1. The molecule has 0 saturated carbocycles. The van der Waals surface area contributed by atoms with Crippen LogP contribution < -0.4 is 15.4 Å². The standard InChI is InChI=1S/C32H34ClN5O2S/c1-19-9-10-20(2)26(16-19)35-29(39)13-15-37-31(30(36-32(37)41)25-8-6-7-14-34-25)24-17-21(3)38(22(24)4)27-18-23(33)11-12-28(27)40-5/h6-12,14,16-18,30-31H,13,15H2,1-5H3,(H,35,39)(H,36,41)/t30-,31+/m1/s1. The Hall–Kier alpha value is -3.88. The molecule has 7 nitrogen and oxygen atoms in total. The van der Waals surface area contributed by atoms with Gasteiger partial charge in [0, 0.05) is 41.3 Å². The number of ether oxygens (including phenoxy) is 1. The van der Waals surface area contributed by atoms with E-state index in [0.717, 1.165) is 50.9 Å². The van der Waals surface area contributed by atoms with Crippen LogP contribution in [-0.4, -0.2) is 39.1 Å². The van der Waals surface area contributed by atoms with Gasteiger partial charge in [0.2, 0.25) is 5.91 Å². The lowest BCUT2D eigenvalue weighted by atomic mass is 9.96. The maximum absolute atomic E-state index is 13.1. The van der Waals surface area contributed by atoms with Crippen LogP contribution in [0.1, 0.15) is 52.3 Å². The van der Waals surface area contributed by atoms with Crippen molar-refractivity contribution in [2.75, 3.05) is 19.0 Å². The molecule has 9 heteroatoms. The second-order valence-electron chi connectivity index (χ2n) is 10.4. The number of methoxy groups -OCH3 is 1. The highest BCUT2D eigenvalue weighted by Crippen LogP contribution is 2.42. The van der Waals surface area contributed by atoms with Crippen molar-refractivity contribution in [2.24, 2.45) is 0 Å². The van der Waals surface area contributed by atoms with Gasteiger partial charge in [0.15, 0.2) is 5.11 Å². The van der Waals surface area contributed by atoms with Crippen LogP contribution in [-0.2, 0) is 4.79 Å². The summed E-state index contributed by atoms with van der Waals surface area (Å²) >= 11 is 12.3. The molecule has 1 aliphatic rings. The molecular weight excluding hydrogens is 554 g/mol. The summed E-state index contributed by atoms with van der Waals surface area (Å²) in [6.07, 6.45) is 2.07. The fraction of sp³-hybridized carbons (Fsp3) is 0.281. The molecule has 1 amide bonds. The predicted octanol–water partition coefficient (Wildman–Crippen LogP) is 6.77. The lowest BCUT2D eigenvalue weighted by molar-refractivity contribution is -0.116. The van der Waals surface area contributed by atoms with Gasteiger partial charge >= 0.3 is 0 Å². The van der Waals surface area contributed by atoms with Gasteiger partial charge in [-0.3, -0.25) is 9.78 Å². The first kappa shape index (κ1) is 28.6. The zero-order valence-corrected chi connectivity index (χ0v) is 25.4. The number of pyridine rings is 1. The molecule has 0 unspecified atom stereocenters. The Morgan fingerprint density at radius 2 is 1.90 bits per heavy atom. The summed E-state index contributed by atoms with van der Waals surface area (Å²) < 4.78 is 7.84. The average molecular weight is 588 g/mol. The van der Waals surface area contributed by atoms with Crippen LogP contribution in [0, 0.1) is 27.7 Å². The molecule has 2 atom stereocenters. The van der Waals surface area contributed by atoms with Crippen molar-refractivity contribution in [1.29, 1.82) is 0 Å². The second kappa shape index (κ2) is 11.9. The van der Waals surface area contributed by atoms with Gasteiger partial charge in [0.1, 0.15) is 5.75 Å². The van der Waals surface area contributed by atoms with Gasteiger partial charge in [-0.2, -0.15) is 0 Å². The SMILES string of the molecule is COc1ccc(Cl)cc1-n1c(C)cc([C@H]2[C@@H](c3ccccn3)NC(=S)N2CCC(=O)Nc2cc(C)ccc2C)c1C. The Labute approximate surface area is 251 Å². The van der Waals surface area contributed by atoms with Crippen LogP contribution in [0.2, 0.25) is 5.02 Å². The largest absolute Gasteiger partial charge is 0.495 e. The van der Waals surface area contributed by atoms with E-state index < -0.39 is 0 Å². The smallest absolute Gasteiger partial charge is 0.226 e. The molecule has 0 radical (unpaired) electrons. The molecule has 1 aliphatic heterocycles. The third kappa shape index (κ3) is 5.80. The normalized spacial score (nSPS) is 16.5. The van der Waals surface area contributed by atoms with Crippen LogP contribution in [0.5, 0.6) is 5.75 Å². The number of carbonyl (C=O) groups is 1. The van der Waals surface area contributed by atoms with Gasteiger partial charge in [-0.15, -0.1) is 0 Å². The number of carbonyl (C=O) groups excluding carboxylic acids is 1. The number of aromatic nitrogens is 2. The van der Waals surface area contributed by atoms with Crippen molar-refractivity contribution in [3.8, 4) is 11.4 Å². The van der Waals surface area contributed by atoms with Gasteiger partial charge in [-0.05, 0) is 99.1 Å². The number of thiocarbonyl (C=S) groups is 1. The van der Waals surface area contributed by atoms with E-state index in [0.29, 0.717) is 16.7 Å². The molecule has 5 rings (SSSR count). The minimum absolute atomic E-state index is 0.0596. The molecule has 1 fully saturated rings. The second-order valence-corrected chi connectivity index (χ2v) is 11.2. The first-order valence-corrected chi connectivity index (χ1v) is 14.3. The summed E-state index contributed by atoms with van der Waals surface area (Å²) in [7, 11) is 1.66. The number of hydrogen-bond acceptors (Lipinski definition) is 4. The fourth-order valence-electron chi connectivity index (χ4n) is 5.59. The molecule has 212 valence electrons. The van der Waals surface area contributed by atoms with Gasteiger partial charge in [0.25, 0.3) is 0 Å². The van der Waals surface area contributed by atoms with E-state index in [-0.39, 0.29) is 24.4 Å². The molecule has 4 aromatic rings. The highest BCUT2D eigenvalue weighted by molar-refractivity contribution is 7.80. The van der Waals surface area contributed by atoms with Gasteiger partial charge in [0.05, 0.1) is 30.6 Å². The van der Waals surface area contributed by atoms with Crippen molar-refractivity contribution < 1.29 is 9.53 Å². The summed E-state index contributed by atoms with van der Waals surface area (Å²) in [4.78, 5) is 19.9. The van der Waals surface area contributed by atoms with E-state index in [4.69, 9.17) is 28.6 Å². The Balaban J connectivity index is 1.50. The van der Waals surface area contributed by atoms with Gasteiger partial charge in [-0.1, -0.05) is 29.8 Å². The van der Waals surface area contributed by atoms with Crippen molar-refractivity contribution >= 4 is 40.5 Å². The maximum atomic E-state index is 13.1. The summed E-state index contributed by atoms with van der Waals surface area (Å²) in [5.74, 6) is 0.666. The summed E-state index contributed by atoms with van der Waals surface area (Å²) in [5, 5.41) is 7.79. The molecule has 1 saturated heterocycles. The topological polar surface area (TPSA) is 71.4 Å². The summed E-state index contributed by atoms with van der Waals surface area (Å²) in [6, 6.07) is 19.3. The van der Waals surface area contributed by atoms with Crippen LogP contribution in [0.25, 0.3) is 5.69 Å². The quantitative estimate of drug-likeness (QED) is 0.222. The van der Waals surface area contributed by atoms with Crippen LogP contribution in [0.15, 0.2) is 66.9 Å². The van der Waals surface area contributed by atoms with Crippen LogP contribution >= 0.6 is 23.8 Å². The Morgan fingerprint density at radius 3 is 2.63 bits per heavy atom. The number of anilines is 1. The summed E-state index contributed by atoms with van der Waals surface area (Å²) in [5.41, 5.74) is 7.85. The van der Waals surface area contributed by atoms with Gasteiger partial charge in [-0.25, -0.2) is 0 Å². The number of rotatable bonds is 8. The first-order chi connectivity index (χ1) is 19.7. The molecule has 41 heavy (non-hydrogen) atoms. The van der Waals surface area contributed by atoms with Crippen LogP contribution in [0.4, 0.5) is 5.69 Å². The number of nitrogens with zero attached hydrogens (tertiary/aromatic N) is 3. The zero-order valence-electron chi connectivity index (χ0n) is 23.9. The minimum atomic E-state index is -0.194. The monoisotopic (exact) mass is 587 g/mol. The molecule has 2 aromatic heterocycles. The third-order valence-corrected chi connectivity index (χ3v) is 8.20. The Bertz CT molecular complexity index is 1600. The molecular formula is C32H34ClN5O2S. The minimum Gasteiger partial charge on any atom is -0.495 e. The predicted molar refractivity (Wildman–Crippen MR) is 168 cm³/mol. The van der Waals surface area contributed by atoms with Crippen molar-refractivity contribution in [3.05, 3.63) is 106 Å². The highest BCUT2D eigenvalue weighted by atomic mass is 35.5.